The molecule has 0 radical (unpaired) electrons. The van der Waals surface area contributed by atoms with Crippen molar-refractivity contribution in [3.8, 4) is 0 Å². The van der Waals surface area contributed by atoms with Gasteiger partial charge in [-0.3, -0.25) is 0 Å². The summed E-state index contributed by atoms with van der Waals surface area (Å²) in [6, 6.07) is 6.18. The maximum absolute atomic E-state index is 12.4. The normalized spacial score (nSPS) is 12.0. The predicted octanol–water partition coefficient (Wildman–Crippen LogP) is 3.03. The summed E-state index contributed by atoms with van der Waals surface area (Å²) in [5, 5.41) is -1.16. The summed E-state index contributed by atoms with van der Waals surface area (Å²) in [5.41, 5.74) is 0.163. The van der Waals surface area contributed by atoms with Gasteiger partial charge in [0.1, 0.15) is 0 Å². The molecule has 0 aliphatic rings. The Morgan fingerprint density at radius 2 is 1.17 bits per heavy atom. The number of hydrogen-bond acceptors (Lipinski definition) is 7. The van der Waals surface area contributed by atoms with Crippen LogP contribution in [0.4, 0.5) is 0 Å². The molecule has 9 heteroatoms. The average molecular weight is 537 g/mol. The number of ether oxygens (including phenoxy) is 2. The molecule has 0 saturated heterocycles. The van der Waals surface area contributed by atoms with Crippen LogP contribution in [0.25, 0.3) is 0 Å². The van der Waals surface area contributed by atoms with Crippen molar-refractivity contribution in [1.82, 2.24) is 0 Å². The van der Waals surface area contributed by atoms with Gasteiger partial charge in [-0.2, -0.15) is 0 Å². The van der Waals surface area contributed by atoms with Crippen LogP contribution in [-0.4, -0.2) is 43.4 Å². The third-order valence-corrected chi connectivity index (χ3v) is 7.07. The Bertz CT molecular complexity index is 827. The van der Waals surface area contributed by atoms with Crippen LogP contribution in [-0.2, 0) is 19.6 Å². The molecular formula is C26H41KO7S. The summed E-state index contributed by atoms with van der Waals surface area (Å²) in [5.74, 6) is -1.35. The van der Waals surface area contributed by atoms with Crippen LogP contribution < -0.4 is 51.4 Å². The second kappa shape index (κ2) is 20.7. The second-order valence-electron chi connectivity index (χ2n) is 8.80. The number of carbonyl (C=O) groups excluding carboxylic acids is 2. The molecule has 7 nitrogen and oxygen atoms in total. The van der Waals surface area contributed by atoms with Gasteiger partial charge in [-0.05, 0) is 31.9 Å². The molecule has 1 aromatic rings. The zero-order chi connectivity index (χ0) is 25.2. The molecule has 0 bridgehead atoms. The van der Waals surface area contributed by atoms with Gasteiger partial charge in [0.15, 0.2) is 0 Å². The molecular weight excluding hydrogens is 495 g/mol. The number of rotatable bonds is 19. The van der Waals surface area contributed by atoms with E-state index in [0.717, 1.165) is 19.3 Å². The van der Waals surface area contributed by atoms with Crippen LogP contribution >= 0.6 is 0 Å². The fourth-order valence-corrected chi connectivity index (χ4v) is 3.95. The van der Waals surface area contributed by atoms with Gasteiger partial charge in [0.05, 0.1) is 34.5 Å². The maximum Gasteiger partial charge on any atom is 1.00 e. The molecule has 1 atom stereocenters. The van der Waals surface area contributed by atoms with E-state index < -0.39 is 27.3 Å². The van der Waals surface area contributed by atoms with Crippen LogP contribution in [0.15, 0.2) is 24.3 Å². The van der Waals surface area contributed by atoms with Crippen molar-refractivity contribution in [1.29, 1.82) is 0 Å². The van der Waals surface area contributed by atoms with Crippen molar-refractivity contribution < 1.29 is 83.4 Å². The molecule has 194 valence electrons. The molecule has 1 rings (SSSR count). The molecule has 0 spiro atoms. The number of esters is 2. The quantitative estimate of drug-likeness (QED) is 0.116. The average Bonchev–Trinajstić information content (AvgIpc) is 2.81. The molecule has 0 fully saturated rings. The molecule has 0 saturated carbocycles. The molecule has 0 heterocycles. The van der Waals surface area contributed by atoms with E-state index in [2.05, 4.69) is 6.92 Å². The Kier molecular flexibility index (Phi) is 20.6. The molecule has 1 aromatic carbocycles. The minimum absolute atomic E-state index is 0. The van der Waals surface area contributed by atoms with E-state index in [0.29, 0.717) is 6.61 Å². The molecule has 1 unspecified atom stereocenters. The summed E-state index contributed by atoms with van der Waals surface area (Å²) in [7, 11) is -4.43. The van der Waals surface area contributed by atoms with Crippen molar-refractivity contribution >= 4 is 22.1 Å². The number of carbonyl (C=O) groups is 2. The van der Waals surface area contributed by atoms with Gasteiger partial charge in [-0.15, -0.1) is 0 Å². The number of unbranched alkanes of at least 4 members (excludes halogenated alkanes) is 11. The van der Waals surface area contributed by atoms with E-state index in [1.54, 1.807) is 12.1 Å². The Morgan fingerprint density at radius 1 is 0.771 bits per heavy atom. The van der Waals surface area contributed by atoms with Crippen LogP contribution in [0.3, 0.4) is 0 Å². The van der Waals surface area contributed by atoms with Crippen molar-refractivity contribution in [2.24, 2.45) is 0 Å². The Morgan fingerprint density at radius 3 is 1.60 bits per heavy atom. The maximum atomic E-state index is 12.4. The van der Waals surface area contributed by atoms with Crippen molar-refractivity contribution in [2.45, 2.75) is 103 Å². The van der Waals surface area contributed by atoms with E-state index >= 15 is 0 Å². The molecule has 0 amide bonds. The summed E-state index contributed by atoms with van der Waals surface area (Å²) < 4.78 is 43.2. The predicted molar refractivity (Wildman–Crippen MR) is 132 cm³/mol. The molecule has 0 aliphatic carbocycles. The molecule has 35 heavy (non-hydrogen) atoms. The number of benzene rings is 1. The SMILES string of the molecule is CCCCCCCCCCCCCCOC(=O)c1ccccc1C(=O)OCCC(C)S(=O)(=O)[O-].[K+]. The van der Waals surface area contributed by atoms with Crippen LogP contribution in [0.5, 0.6) is 0 Å². The van der Waals surface area contributed by atoms with Gasteiger partial charge in [-0.25, -0.2) is 18.0 Å². The molecule has 0 aromatic heterocycles. The Hall–Kier alpha value is -0.294. The van der Waals surface area contributed by atoms with Crippen LogP contribution in [0.2, 0.25) is 0 Å². The molecule has 0 N–H and O–H groups in total. The van der Waals surface area contributed by atoms with E-state index in [4.69, 9.17) is 9.47 Å². The first kappa shape index (κ1) is 34.7. The summed E-state index contributed by atoms with van der Waals surface area (Å²) in [6.07, 6.45) is 14.5. The summed E-state index contributed by atoms with van der Waals surface area (Å²) in [6.45, 7) is 3.55. The van der Waals surface area contributed by atoms with E-state index in [1.807, 2.05) is 0 Å². The smallest absolute Gasteiger partial charge is 0.748 e. The first-order valence-corrected chi connectivity index (χ1v) is 14.1. The first-order chi connectivity index (χ1) is 16.3. The van der Waals surface area contributed by atoms with Gasteiger partial charge < -0.3 is 14.0 Å². The summed E-state index contributed by atoms with van der Waals surface area (Å²) in [4.78, 5) is 24.8. The summed E-state index contributed by atoms with van der Waals surface area (Å²) >= 11 is 0. The first-order valence-electron chi connectivity index (χ1n) is 12.6. The standard InChI is InChI=1S/C26H42O7S.K/c1-3-4-5-6-7-8-9-10-11-12-13-16-20-32-25(27)23-17-14-15-18-24(23)26(28)33-21-19-22(2)34(29,30)31;/h14-15,17-18,22H,3-13,16,19-21H2,1-2H3,(H,29,30,31);/q;+1/p-1. The van der Waals surface area contributed by atoms with Crippen LogP contribution in [0, 0.1) is 0 Å². The zero-order valence-electron chi connectivity index (χ0n) is 21.8. The van der Waals surface area contributed by atoms with Gasteiger partial charge in [-0.1, -0.05) is 89.7 Å². The van der Waals surface area contributed by atoms with Gasteiger partial charge in [0, 0.05) is 5.25 Å². The Balaban J connectivity index is 0.0000116. The fraction of sp³-hybridized carbons (Fsp3) is 0.692. The minimum Gasteiger partial charge on any atom is -0.748 e. The number of hydrogen-bond donors (Lipinski definition) is 0. The topological polar surface area (TPSA) is 110 Å². The third kappa shape index (κ3) is 16.2. The Labute approximate surface area is 254 Å². The van der Waals surface area contributed by atoms with E-state index in [9.17, 15) is 22.6 Å². The van der Waals surface area contributed by atoms with Gasteiger partial charge >= 0.3 is 63.3 Å². The largest absolute Gasteiger partial charge is 1.00 e. The van der Waals surface area contributed by atoms with Gasteiger partial charge in [0.25, 0.3) is 0 Å². The third-order valence-electron chi connectivity index (χ3n) is 5.85. The minimum atomic E-state index is -4.43. The monoisotopic (exact) mass is 536 g/mol. The van der Waals surface area contributed by atoms with Crippen LogP contribution in [0.1, 0.15) is 118 Å². The van der Waals surface area contributed by atoms with E-state index in [-0.39, 0.29) is 75.5 Å². The molecule has 0 aliphatic heterocycles. The second-order valence-corrected chi connectivity index (χ2v) is 10.6. The van der Waals surface area contributed by atoms with E-state index in [1.165, 1.54) is 76.8 Å². The van der Waals surface area contributed by atoms with Gasteiger partial charge in [0.2, 0.25) is 0 Å². The van der Waals surface area contributed by atoms with Crippen molar-refractivity contribution in [3.05, 3.63) is 35.4 Å². The zero-order valence-corrected chi connectivity index (χ0v) is 25.7. The fourth-order valence-electron chi connectivity index (χ4n) is 3.56. The van der Waals surface area contributed by atoms with Crippen molar-refractivity contribution in [3.63, 3.8) is 0 Å². The van der Waals surface area contributed by atoms with Crippen molar-refractivity contribution in [2.75, 3.05) is 13.2 Å².